The third-order valence-electron chi connectivity index (χ3n) is 4.51. The summed E-state index contributed by atoms with van der Waals surface area (Å²) in [5.41, 5.74) is 2.20. The van der Waals surface area contributed by atoms with E-state index in [-0.39, 0.29) is 42.2 Å². The fourth-order valence-electron chi connectivity index (χ4n) is 3.23. The Balaban J connectivity index is 1.50. The summed E-state index contributed by atoms with van der Waals surface area (Å²) < 4.78 is 15.7. The lowest BCUT2D eigenvalue weighted by atomic mass is 10.2. The highest BCUT2D eigenvalue weighted by molar-refractivity contribution is 5.98. The summed E-state index contributed by atoms with van der Waals surface area (Å²) in [4.78, 5) is 30.5. The summed E-state index contributed by atoms with van der Waals surface area (Å²) >= 11 is 0. The minimum absolute atomic E-state index is 0.131. The molecule has 1 saturated heterocycles. The van der Waals surface area contributed by atoms with Gasteiger partial charge in [-0.15, -0.1) is 0 Å². The van der Waals surface area contributed by atoms with Crippen LogP contribution in [0.4, 0.5) is 10.1 Å². The molecule has 1 aliphatic heterocycles. The van der Waals surface area contributed by atoms with Crippen LogP contribution < -0.4 is 10.2 Å². The number of rotatable bonds is 3. The van der Waals surface area contributed by atoms with E-state index in [0.717, 1.165) is 5.56 Å². The normalized spacial score (nSPS) is 17.1. The van der Waals surface area contributed by atoms with Crippen LogP contribution in [0.15, 0.2) is 48.8 Å². The highest BCUT2D eigenvalue weighted by atomic mass is 19.1. The molecule has 7 heteroatoms. The zero-order valence-corrected chi connectivity index (χ0v) is 14.1. The van der Waals surface area contributed by atoms with Gasteiger partial charge in [0.15, 0.2) is 0 Å². The Bertz CT molecular complexity index is 1010. The number of halogens is 1. The standard InChI is InChI=1S/C19H17FN4O2/c1-12-5-4-8-23-11-15(22-18(12)23)19(26)21-13-9-17(25)24(10-13)16-7-3-2-6-14(16)20/h2-8,11,13H,9-10H2,1H3,(H,21,26)/t13-/m0/s1. The predicted molar refractivity (Wildman–Crippen MR) is 94.6 cm³/mol. The van der Waals surface area contributed by atoms with Gasteiger partial charge in [0.1, 0.15) is 17.2 Å². The number of pyridine rings is 1. The van der Waals surface area contributed by atoms with Crippen molar-refractivity contribution in [2.75, 3.05) is 11.4 Å². The van der Waals surface area contributed by atoms with Gasteiger partial charge in [0.2, 0.25) is 5.91 Å². The molecule has 4 rings (SSSR count). The molecule has 1 fully saturated rings. The molecular weight excluding hydrogens is 335 g/mol. The van der Waals surface area contributed by atoms with Crippen LogP contribution in [-0.4, -0.2) is 33.8 Å². The SMILES string of the molecule is Cc1cccn2cc(C(=O)N[C@H]3CC(=O)N(c4ccccc4F)C3)nc12. The van der Waals surface area contributed by atoms with Crippen molar-refractivity contribution in [2.24, 2.45) is 0 Å². The molecule has 3 heterocycles. The summed E-state index contributed by atoms with van der Waals surface area (Å²) in [5.74, 6) is -1.02. The van der Waals surface area contributed by atoms with Crippen molar-refractivity contribution in [3.8, 4) is 0 Å². The third-order valence-corrected chi connectivity index (χ3v) is 4.51. The van der Waals surface area contributed by atoms with Crippen molar-refractivity contribution in [1.82, 2.24) is 14.7 Å². The van der Waals surface area contributed by atoms with Crippen LogP contribution in [0.25, 0.3) is 5.65 Å². The van der Waals surface area contributed by atoms with E-state index in [2.05, 4.69) is 10.3 Å². The molecule has 3 aromatic rings. The smallest absolute Gasteiger partial charge is 0.271 e. The minimum atomic E-state index is -0.455. The van der Waals surface area contributed by atoms with E-state index in [0.29, 0.717) is 5.65 Å². The Labute approximate surface area is 149 Å². The fraction of sp³-hybridized carbons (Fsp3) is 0.211. The summed E-state index contributed by atoms with van der Waals surface area (Å²) in [7, 11) is 0. The van der Waals surface area contributed by atoms with Crippen molar-refractivity contribution in [3.05, 3.63) is 65.9 Å². The topological polar surface area (TPSA) is 66.7 Å². The second-order valence-corrected chi connectivity index (χ2v) is 6.38. The van der Waals surface area contributed by atoms with Crippen LogP contribution in [-0.2, 0) is 4.79 Å². The second-order valence-electron chi connectivity index (χ2n) is 6.38. The molecule has 0 spiro atoms. The molecule has 0 saturated carbocycles. The van der Waals surface area contributed by atoms with Crippen LogP contribution in [0.3, 0.4) is 0 Å². The lowest BCUT2D eigenvalue weighted by molar-refractivity contribution is -0.117. The summed E-state index contributed by atoms with van der Waals surface area (Å²) in [6, 6.07) is 9.54. The molecule has 2 amide bonds. The van der Waals surface area contributed by atoms with Crippen molar-refractivity contribution >= 4 is 23.1 Å². The van der Waals surface area contributed by atoms with E-state index in [1.807, 2.05) is 25.3 Å². The minimum Gasteiger partial charge on any atom is -0.346 e. The number of para-hydroxylation sites is 1. The molecule has 1 aromatic carbocycles. The van der Waals surface area contributed by atoms with Gasteiger partial charge >= 0.3 is 0 Å². The van der Waals surface area contributed by atoms with Gasteiger partial charge in [-0.25, -0.2) is 9.37 Å². The number of fused-ring (bicyclic) bond motifs is 1. The van der Waals surface area contributed by atoms with Gasteiger partial charge in [-0.3, -0.25) is 9.59 Å². The monoisotopic (exact) mass is 352 g/mol. The Morgan fingerprint density at radius 2 is 2.08 bits per heavy atom. The van der Waals surface area contributed by atoms with Gasteiger partial charge in [0, 0.05) is 25.4 Å². The molecule has 1 N–H and O–H groups in total. The summed E-state index contributed by atoms with van der Waals surface area (Å²) in [6.45, 7) is 2.16. The maximum absolute atomic E-state index is 13.9. The first-order chi connectivity index (χ1) is 12.5. The Hall–Kier alpha value is -3.22. The largest absolute Gasteiger partial charge is 0.346 e. The number of aryl methyl sites for hydroxylation is 1. The molecule has 1 atom stereocenters. The van der Waals surface area contributed by atoms with Crippen LogP contribution in [0.2, 0.25) is 0 Å². The first kappa shape index (κ1) is 16.3. The first-order valence-corrected chi connectivity index (χ1v) is 8.33. The van der Waals surface area contributed by atoms with Crippen molar-refractivity contribution in [1.29, 1.82) is 0 Å². The molecule has 0 radical (unpaired) electrons. The van der Waals surface area contributed by atoms with E-state index in [1.54, 1.807) is 28.8 Å². The number of carbonyl (C=O) groups is 2. The summed E-state index contributed by atoms with van der Waals surface area (Å²) in [5, 5.41) is 2.83. The van der Waals surface area contributed by atoms with Crippen molar-refractivity contribution in [2.45, 2.75) is 19.4 Å². The molecule has 2 aromatic heterocycles. The number of carbonyl (C=O) groups excluding carboxylic acids is 2. The number of aromatic nitrogens is 2. The van der Waals surface area contributed by atoms with E-state index in [4.69, 9.17) is 0 Å². The van der Waals surface area contributed by atoms with Crippen molar-refractivity contribution in [3.63, 3.8) is 0 Å². The van der Waals surface area contributed by atoms with Crippen molar-refractivity contribution < 1.29 is 14.0 Å². The number of hydrogen-bond acceptors (Lipinski definition) is 3. The quantitative estimate of drug-likeness (QED) is 0.787. The molecular formula is C19H17FN4O2. The number of nitrogens with zero attached hydrogens (tertiary/aromatic N) is 3. The average molecular weight is 352 g/mol. The lowest BCUT2D eigenvalue weighted by Gasteiger charge is -2.17. The number of hydrogen-bond donors (Lipinski definition) is 1. The van der Waals surface area contributed by atoms with Gasteiger partial charge in [0.05, 0.1) is 11.7 Å². The number of nitrogens with one attached hydrogen (secondary N) is 1. The molecule has 6 nitrogen and oxygen atoms in total. The molecule has 26 heavy (non-hydrogen) atoms. The van der Waals surface area contributed by atoms with Gasteiger partial charge < -0.3 is 14.6 Å². The van der Waals surface area contributed by atoms with Crippen LogP contribution in [0, 0.1) is 12.7 Å². The van der Waals surface area contributed by atoms with E-state index in [1.165, 1.54) is 11.0 Å². The zero-order chi connectivity index (χ0) is 18.3. The second kappa shape index (κ2) is 6.25. The Morgan fingerprint density at radius 1 is 1.27 bits per heavy atom. The maximum Gasteiger partial charge on any atom is 0.271 e. The van der Waals surface area contributed by atoms with Gasteiger partial charge in [-0.1, -0.05) is 18.2 Å². The molecule has 132 valence electrons. The molecule has 0 unspecified atom stereocenters. The van der Waals surface area contributed by atoms with Gasteiger partial charge in [-0.2, -0.15) is 0 Å². The fourth-order valence-corrected chi connectivity index (χ4v) is 3.23. The number of benzene rings is 1. The third kappa shape index (κ3) is 2.81. The molecule has 0 bridgehead atoms. The number of imidazole rings is 1. The molecule has 0 aliphatic carbocycles. The van der Waals surface area contributed by atoms with Crippen LogP contribution in [0.5, 0.6) is 0 Å². The first-order valence-electron chi connectivity index (χ1n) is 8.33. The van der Waals surface area contributed by atoms with E-state index >= 15 is 0 Å². The highest BCUT2D eigenvalue weighted by Gasteiger charge is 2.33. The van der Waals surface area contributed by atoms with Crippen LogP contribution in [0.1, 0.15) is 22.5 Å². The average Bonchev–Trinajstić information content (AvgIpc) is 3.20. The highest BCUT2D eigenvalue weighted by Crippen LogP contribution is 2.24. The molecule has 1 aliphatic rings. The van der Waals surface area contributed by atoms with E-state index < -0.39 is 5.82 Å². The van der Waals surface area contributed by atoms with Gasteiger partial charge in [-0.05, 0) is 30.7 Å². The summed E-state index contributed by atoms with van der Waals surface area (Å²) in [6.07, 6.45) is 3.61. The zero-order valence-electron chi connectivity index (χ0n) is 14.1. The predicted octanol–water partition coefficient (Wildman–Crippen LogP) is 2.32. The number of amides is 2. The van der Waals surface area contributed by atoms with Gasteiger partial charge in [0.25, 0.3) is 5.91 Å². The van der Waals surface area contributed by atoms with Crippen LogP contribution >= 0.6 is 0 Å². The lowest BCUT2D eigenvalue weighted by Crippen LogP contribution is -2.37. The van der Waals surface area contributed by atoms with E-state index in [9.17, 15) is 14.0 Å². The Morgan fingerprint density at radius 3 is 2.85 bits per heavy atom. The Kier molecular flexibility index (Phi) is 3.91. The maximum atomic E-state index is 13.9. The number of anilines is 1.